The minimum atomic E-state index is -2.73. The first-order chi connectivity index (χ1) is 18.2. The summed E-state index contributed by atoms with van der Waals surface area (Å²) >= 11 is 0. The molecule has 5 N–H and O–H groups in total. The molecule has 4 rings (SSSR count). The molecule has 1 aromatic rings. The maximum atomic E-state index is 13.9. The number of aromatic hydroxyl groups is 1. The van der Waals surface area contributed by atoms with Gasteiger partial charge in [0.05, 0.1) is 17.5 Å². The molecule has 212 valence electrons. The highest BCUT2D eigenvalue weighted by Gasteiger charge is 2.69. The van der Waals surface area contributed by atoms with E-state index in [1.165, 1.54) is 11.0 Å². The number of phenolic OH excluding ortho intramolecular Hbond substituents is 1. The van der Waals surface area contributed by atoms with Gasteiger partial charge < -0.3 is 26.2 Å². The molecule has 3 aliphatic carbocycles. The number of nitrogens with zero attached hydrogens (tertiary/aromatic N) is 2. The zero-order chi connectivity index (χ0) is 29.1. The smallest absolute Gasteiger partial charge is 0.235 e. The first-order valence-corrected chi connectivity index (χ1v) is 13.3. The first kappa shape index (κ1) is 28.8. The Balaban J connectivity index is 1.85. The molecule has 11 heteroatoms. The topological polar surface area (TPSA) is 170 Å². The normalized spacial score (nSPS) is 31.0. The molecule has 3 unspecified atom stereocenters. The summed E-state index contributed by atoms with van der Waals surface area (Å²) in [5.74, 6) is -10.4. The monoisotopic (exact) mass is 542 g/mol. The molecular weight excluding hydrogens is 504 g/mol. The summed E-state index contributed by atoms with van der Waals surface area (Å²) in [7, 11) is 6.80. The molecule has 0 heterocycles. The molecule has 11 nitrogen and oxygen atoms in total. The molecule has 1 amide bonds. The van der Waals surface area contributed by atoms with Crippen molar-refractivity contribution in [3.63, 3.8) is 0 Å². The van der Waals surface area contributed by atoms with Crippen LogP contribution in [0, 0.1) is 23.7 Å². The van der Waals surface area contributed by atoms with E-state index in [-0.39, 0.29) is 30.2 Å². The number of Topliss-reactive ketones (excluding diaryl/α,β-unsaturated/α-hetero) is 4. The van der Waals surface area contributed by atoms with Crippen LogP contribution in [0.4, 0.5) is 5.69 Å². The van der Waals surface area contributed by atoms with Crippen molar-refractivity contribution >= 4 is 34.7 Å². The largest absolute Gasteiger partial charge is 0.507 e. The Labute approximate surface area is 227 Å². The van der Waals surface area contributed by atoms with Gasteiger partial charge in [0, 0.05) is 38.3 Å². The zero-order valence-electron chi connectivity index (χ0n) is 23.3. The molecule has 0 saturated heterocycles. The Hall–Kier alpha value is -3.15. The van der Waals surface area contributed by atoms with Gasteiger partial charge in [0.15, 0.2) is 34.7 Å². The number of carbonyl (C=O) groups is 5. The maximum Gasteiger partial charge on any atom is 0.235 e. The number of nitrogens with two attached hydrogens (primary N) is 1. The molecule has 7 atom stereocenters. The quantitative estimate of drug-likeness (QED) is 0.339. The summed E-state index contributed by atoms with van der Waals surface area (Å²) in [6.07, 6.45) is 1.15. The summed E-state index contributed by atoms with van der Waals surface area (Å²) in [4.78, 5) is 69.8. The van der Waals surface area contributed by atoms with E-state index in [0.717, 1.165) is 17.7 Å². The van der Waals surface area contributed by atoms with E-state index in [1.54, 1.807) is 14.1 Å². The third kappa shape index (κ3) is 4.27. The predicted octanol–water partition coefficient (Wildman–Crippen LogP) is -0.179. The van der Waals surface area contributed by atoms with Crippen LogP contribution >= 0.6 is 0 Å². The fourth-order valence-corrected chi connectivity index (χ4v) is 6.85. The number of benzene rings is 1. The van der Waals surface area contributed by atoms with Gasteiger partial charge in [-0.1, -0.05) is 6.92 Å². The van der Waals surface area contributed by atoms with E-state index in [1.807, 2.05) is 25.9 Å². The lowest BCUT2D eigenvalue weighted by Crippen LogP contribution is -2.74. The van der Waals surface area contributed by atoms with E-state index in [2.05, 4.69) is 12.2 Å². The summed E-state index contributed by atoms with van der Waals surface area (Å²) in [5, 5.41) is 26.1. The lowest BCUT2D eigenvalue weighted by atomic mass is 9.52. The summed E-state index contributed by atoms with van der Waals surface area (Å²) in [5.41, 5.74) is 4.77. The predicted molar refractivity (Wildman–Crippen MR) is 142 cm³/mol. The Morgan fingerprint density at radius 2 is 1.82 bits per heavy atom. The third-order valence-corrected chi connectivity index (χ3v) is 8.81. The van der Waals surface area contributed by atoms with Gasteiger partial charge >= 0.3 is 0 Å². The average Bonchev–Trinajstić information content (AvgIpc) is 2.83. The number of ketones is 4. The van der Waals surface area contributed by atoms with Crippen LogP contribution in [0.1, 0.15) is 48.2 Å². The van der Waals surface area contributed by atoms with Gasteiger partial charge in [-0.3, -0.25) is 28.9 Å². The number of hydrogen-bond acceptors (Lipinski definition) is 10. The number of nitrogens with one attached hydrogen (secondary N) is 1. The van der Waals surface area contributed by atoms with Gasteiger partial charge in [-0.05, 0) is 63.4 Å². The van der Waals surface area contributed by atoms with Crippen molar-refractivity contribution in [1.29, 1.82) is 0 Å². The summed E-state index contributed by atoms with van der Waals surface area (Å²) < 4.78 is 0. The highest BCUT2D eigenvalue weighted by molar-refractivity contribution is 6.32. The van der Waals surface area contributed by atoms with Crippen LogP contribution in [0.15, 0.2) is 6.07 Å². The fraction of sp³-hybridized carbons (Fsp3) is 0.607. The Morgan fingerprint density at radius 3 is 2.36 bits per heavy atom. The first-order valence-electron chi connectivity index (χ1n) is 13.3. The van der Waals surface area contributed by atoms with Crippen LogP contribution in [0.25, 0.3) is 0 Å². The second-order valence-corrected chi connectivity index (χ2v) is 11.6. The molecule has 0 aliphatic heterocycles. The van der Waals surface area contributed by atoms with E-state index in [9.17, 15) is 34.2 Å². The molecule has 3 aliphatic rings. The van der Waals surface area contributed by atoms with Gasteiger partial charge in [0.25, 0.3) is 0 Å². The van der Waals surface area contributed by atoms with E-state index in [4.69, 9.17) is 5.73 Å². The fourth-order valence-electron chi connectivity index (χ4n) is 6.85. The van der Waals surface area contributed by atoms with Crippen LogP contribution in [0.3, 0.4) is 0 Å². The van der Waals surface area contributed by atoms with E-state index >= 15 is 0 Å². The number of likely N-dealkylation sites (N-methyl/N-ethyl adjacent to an activating group) is 1. The molecule has 2 fully saturated rings. The highest BCUT2D eigenvalue weighted by Crippen LogP contribution is 2.52. The van der Waals surface area contributed by atoms with Crippen LogP contribution in [0.5, 0.6) is 5.75 Å². The lowest BCUT2D eigenvalue weighted by Gasteiger charge is -2.52. The number of carbonyl (C=O) groups excluding carboxylic acids is 5. The van der Waals surface area contributed by atoms with Crippen molar-refractivity contribution < 1.29 is 34.2 Å². The number of rotatable bonds is 7. The maximum absolute atomic E-state index is 13.9. The lowest BCUT2D eigenvalue weighted by molar-refractivity contribution is -0.181. The van der Waals surface area contributed by atoms with E-state index in [0.29, 0.717) is 12.1 Å². The standard InChI is InChI=1S/C28H38N4O7/c1-7-12(2)30-11-14-10-17(33)19-15(21(14)31(3)4)8-13-9-16-22(32(5)6)24(35)20(27(29)38)26(37)28(16,39)25(36)18(13)23(19)34/h10,12-13,16,18,20,22,30,33,39H,7-9,11H2,1-6H3,(H2,29,38)/t12?,13-,16-,18?,20?,22-,28-/m0/s1. The molecule has 2 saturated carbocycles. The summed E-state index contributed by atoms with van der Waals surface area (Å²) in [6, 6.07) is 0.619. The minimum absolute atomic E-state index is 0.00224. The van der Waals surface area contributed by atoms with Crippen LogP contribution < -0.4 is 16.0 Å². The van der Waals surface area contributed by atoms with Crippen molar-refractivity contribution in [3.8, 4) is 5.75 Å². The van der Waals surface area contributed by atoms with Gasteiger partial charge in [-0.25, -0.2) is 0 Å². The Morgan fingerprint density at radius 1 is 1.18 bits per heavy atom. The van der Waals surface area contributed by atoms with Crippen molar-refractivity contribution in [2.75, 3.05) is 33.1 Å². The van der Waals surface area contributed by atoms with Gasteiger partial charge in [0.2, 0.25) is 5.91 Å². The molecule has 1 aromatic carbocycles. The zero-order valence-corrected chi connectivity index (χ0v) is 23.3. The highest BCUT2D eigenvalue weighted by atomic mass is 16.3. The second kappa shape index (κ2) is 10.1. The molecule has 39 heavy (non-hydrogen) atoms. The molecule has 0 aromatic heterocycles. The minimum Gasteiger partial charge on any atom is -0.507 e. The number of anilines is 1. The van der Waals surface area contributed by atoms with E-state index < -0.39 is 64.4 Å². The Kier molecular flexibility index (Phi) is 7.48. The molecule has 0 bridgehead atoms. The molecular formula is C28H38N4O7. The average molecular weight is 543 g/mol. The Bertz CT molecular complexity index is 1260. The third-order valence-electron chi connectivity index (χ3n) is 8.81. The van der Waals surface area contributed by atoms with Crippen LogP contribution in [-0.2, 0) is 32.1 Å². The summed E-state index contributed by atoms with van der Waals surface area (Å²) in [6.45, 7) is 4.56. The van der Waals surface area contributed by atoms with Crippen molar-refractivity contribution in [1.82, 2.24) is 10.2 Å². The van der Waals surface area contributed by atoms with Crippen molar-refractivity contribution in [2.24, 2.45) is 29.4 Å². The SMILES string of the molecule is CCC(C)NCc1cc(O)c2c(c1N(C)C)C[C@H]1C[C@H]3[C@H](N(C)C)C(=O)C(C(N)=O)C(=O)[C@@]3(O)C(=O)C1C2=O. The second-order valence-electron chi connectivity index (χ2n) is 11.6. The number of fused-ring (bicyclic) bond motifs is 3. The van der Waals surface area contributed by atoms with Crippen molar-refractivity contribution in [2.45, 2.75) is 57.3 Å². The van der Waals surface area contributed by atoms with Gasteiger partial charge in [-0.2, -0.15) is 0 Å². The number of aliphatic hydroxyl groups is 1. The number of amides is 1. The number of hydrogen-bond donors (Lipinski definition) is 4. The molecule has 0 spiro atoms. The van der Waals surface area contributed by atoms with Crippen LogP contribution in [-0.4, -0.2) is 90.0 Å². The van der Waals surface area contributed by atoms with Crippen LogP contribution in [0.2, 0.25) is 0 Å². The molecule has 0 radical (unpaired) electrons. The number of phenols is 1. The number of primary amides is 1. The van der Waals surface area contributed by atoms with Crippen molar-refractivity contribution in [3.05, 3.63) is 22.8 Å². The van der Waals surface area contributed by atoms with Gasteiger partial charge in [0.1, 0.15) is 5.75 Å². The van der Waals surface area contributed by atoms with Gasteiger partial charge in [-0.15, -0.1) is 0 Å².